The van der Waals surface area contributed by atoms with Crippen molar-refractivity contribution in [3.63, 3.8) is 0 Å². The lowest BCUT2D eigenvalue weighted by atomic mass is 9.93. The first-order chi connectivity index (χ1) is 12.7. The van der Waals surface area contributed by atoms with Gasteiger partial charge in [-0.1, -0.05) is 0 Å². The van der Waals surface area contributed by atoms with Crippen molar-refractivity contribution in [2.75, 3.05) is 39.3 Å². The quantitative estimate of drug-likeness (QED) is 0.810. The van der Waals surface area contributed by atoms with Crippen LogP contribution < -0.4 is 0 Å². The molecule has 3 fully saturated rings. The lowest BCUT2D eigenvalue weighted by molar-refractivity contribution is -0.136. The molecule has 4 rings (SSSR count). The van der Waals surface area contributed by atoms with Gasteiger partial charge in [0.2, 0.25) is 5.91 Å². The van der Waals surface area contributed by atoms with Crippen LogP contribution in [0.15, 0.2) is 5.38 Å². The molecule has 1 amide bonds. The molecular weight excluding hydrogens is 344 g/mol. The van der Waals surface area contributed by atoms with Crippen molar-refractivity contribution in [3.05, 3.63) is 16.1 Å². The summed E-state index contributed by atoms with van der Waals surface area (Å²) in [6.07, 6.45) is 7.12. The number of carbonyl (C=O) groups is 1. The minimum absolute atomic E-state index is 0.248. The third-order valence-corrected chi connectivity index (χ3v) is 7.27. The monoisotopic (exact) mass is 376 g/mol. The van der Waals surface area contributed by atoms with E-state index in [-0.39, 0.29) is 5.92 Å². The molecule has 0 aromatic carbocycles. The van der Waals surface area contributed by atoms with Crippen molar-refractivity contribution >= 4 is 17.2 Å². The molecule has 144 valence electrons. The van der Waals surface area contributed by atoms with Crippen molar-refractivity contribution in [1.29, 1.82) is 0 Å². The second-order valence-corrected chi connectivity index (χ2v) is 9.20. The Bertz CT molecular complexity index is 605. The van der Waals surface area contributed by atoms with Gasteiger partial charge in [-0.05, 0) is 52.0 Å². The van der Waals surface area contributed by atoms with Crippen molar-refractivity contribution in [2.45, 2.75) is 58.0 Å². The van der Waals surface area contributed by atoms with Gasteiger partial charge >= 0.3 is 0 Å². The summed E-state index contributed by atoms with van der Waals surface area (Å²) < 4.78 is 0. The zero-order valence-corrected chi connectivity index (χ0v) is 16.8. The van der Waals surface area contributed by atoms with Gasteiger partial charge in [0, 0.05) is 49.8 Å². The number of carbonyl (C=O) groups excluding carboxylic acids is 1. The average Bonchev–Trinajstić information content (AvgIpc) is 3.34. The van der Waals surface area contributed by atoms with Gasteiger partial charge < -0.3 is 4.90 Å². The van der Waals surface area contributed by atoms with E-state index in [0.29, 0.717) is 11.9 Å². The maximum Gasteiger partial charge on any atom is 0.226 e. The van der Waals surface area contributed by atoms with Crippen LogP contribution in [-0.4, -0.2) is 70.9 Å². The molecule has 4 heterocycles. The Balaban J connectivity index is 1.26. The van der Waals surface area contributed by atoms with Crippen LogP contribution in [-0.2, 0) is 11.3 Å². The molecule has 3 saturated heterocycles. The molecule has 6 heteroatoms. The predicted octanol–water partition coefficient (Wildman–Crippen LogP) is 2.75. The highest BCUT2D eigenvalue weighted by Gasteiger charge is 2.34. The highest BCUT2D eigenvalue weighted by Crippen LogP contribution is 2.26. The Morgan fingerprint density at radius 3 is 2.58 bits per heavy atom. The summed E-state index contributed by atoms with van der Waals surface area (Å²) >= 11 is 1.78. The minimum atomic E-state index is 0.248. The molecule has 0 unspecified atom stereocenters. The smallest absolute Gasteiger partial charge is 0.226 e. The highest BCUT2D eigenvalue weighted by atomic mass is 32.1. The van der Waals surface area contributed by atoms with Gasteiger partial charge in [-0.2, -0.15) is 0 Å². The molecule has 0 radical (unpaired) electrons. The maximum absolute atomic E-state index is 12.8. The number of aromatic nitrogens is 1. The lowest BCUT2D eigenvalue weighted by Crippen LogP contribution is -2.51. The summed E-state index contributed by atoms with van der Waals surface area (Å²) in [5.41, 5.74) is 1.14. The van der Waals surface area contributed by atoms with E-state index in [1.54, 1.807) is 11.3 Å². The van der Waals surface area contributed by atoms with E-state index in [1.165, 1.54) is 43.7 Å². The van der Waals surface area contributed by atoms with Gasteiger partial charge in [-0.3, -0.25) is 14.6 Å². The summed E-state index contributed by atoms with van der Waals surface area (Å²) in [6.45, 7) is 9.54. The predicted molar refractivity (Wildman–Crippen MR) is 105 cm³/mol. The fraction of sp³-hybridized carbons (Fsp3) is 0.800. The van der Waals surface area contributed by atoms with Crippen LogP contribution in [0.5, 0.6) is 0 Å². The van der Waals surface area contributed by atoms with Gasteiger partial charge in [0.1, 0.15) is 5.01 Å². The second kappa shape index (κ2) is 8.36. The van der Waals surface area contributed by atoms with E-state index < -0.39 is 0 Å². The van der Waals surface area contributed by atoms with E-state index >= 15 is 0 Å². The van der Waals surface area contributed by atoms with Crippen molar-refractivity contribution in [1.82, 2.24) is 19.7 Å². The number of nitrogens with zero attached hydrogens (tertiary/aromatic N) is 4. The van der Waals surface area contributed by atoms with Gasteiger partial charge in [0.05, 0.1) is 12.5 Å². The molecule has 26 heavy (non-hydrogen) atoms. The normalized spacial score (nSPS) is 26.5. The molecule has 3 aliphatic rings. The number of hydrogen-bond donors (Lipinski definition) is 0. The molecular formula is C20H32N4OS. The summed E-state index contributed by atoms with van der Waals surface area (Å²) in [7, 11) is 0. The number of amides is 1. The number of piperidine rings is 2. The van der Waals surface area contributed by atoms with Crippen LogP contribution >= 0.6 is 11.3 Å². The third-order valence-electron chi connectivity index (χ3n) is 6.32. The average molecular weight is 377 g/mol. The molecule has 0 N–H and O–H groups in total. The van der Waals surface area contributed by atoms with Crippen LogP contribution in [0.25, 0.3) is 0 Å². The summed E-state index contributed by atoms with van der Waals surface area (Å²) in [5, 5.41) is 3.39. The Labute approximate surface area is 161 Å². The zero-order valence-electron chi connectivity index (χ0n) is 16.0. The van der Waals surface area contributed by atoms with Crippen molar-refractivity contribution in [3.8, 4) is 0 Å². The van der Waals surface area contributed by atoms with Gasteiger partial charge in [-0.15, -0.1) is 11.3 Å². The van der Waals surface area contributed by atoms with Gasteiger partial charge in [0.15, 0.2) is 0 Å². The Morgan fingerprint density at radius 1 is 1.12 bits per heavy atom. The zero-order chi connectivity index (χ0) is 17.9. The topological polar surface area (TPSA) is 39.7 Å². The number of thiazole rings is 1. The van der Waals surface area contributed by atoms with Crippen LogP contribution in [0.2, 0.25) is 0 Å². The van der Waals surface area contributed by atoms with Gasteiger partial charge in [-0.25, -0.2) is 4.98 Å². The summed E-state index contributed by atoms with van der Waals surface area (Å²) in [5.74, 6) is 0.682. The summed E-state index contributed by atoms with van der Waals surface area (Å²) in [4.78, 5) is 24.7. The summed E-state index contributed by atoms with van der Waals surface area (Å²) in [6, 6.07) is 0.665. The molecule has 5 nitrogen and oxygen atoms in total. The minimum Gasteiger partial charge on any atom is -0.342 e. The Kier molecular flexibility index (Phi) is 5.91. The van der Waals surface area contributed by atoms with E-state index in [4.69, 9.17) is 0 Å². The molecule has 0 saturated carbocycles. The number of hydrogen-bond acceptors (Lipinski definition) is 5. The molecule has 1 atom stereocenters. The number of aryl methyl sites for hydroxylation is 1. The highest BCUT2D eigenvalue weighted by molar-refractivity contribution is 7.09. The second-order valence-electron chi connectivity index (χ2n) is 8.26. The fourth-order valence-electron chi connectivity index (χ4n) is 4.84. The van der Waals surface area contributed by atoms with E-state index in [0.717, 1.165) is 51.4 Å². The standard InChI is InChI=1S/C20H32N4OS/c1-16-15-26-19(21-16)14-22-11-6-18(7-12-22)24-10-4-5-17(13-24)20(25)23-8-2-3-9-23/h15,17-18H,2-14H2,1H3/t17-/m0/s1. The molecule has 1 aromatic rings. The van der Waals surface area contributed by atoms with E-state index in [9.17, 15) is 4.79 Å². The van der Waals surface area contributed by atoms with Crippen LogP contribution in [0.3, 0.4) is 0 Å². The lowest BCUT2D eigenvalue weighted by Gasteiger charge is -2.42. The number of likely N-dealkylation sites (tertiary alicyclic amines) is 3. The first kappa shape index (κ1) is 18.4. The number of rotatable bonds is 4. The molecule has 0 bridgehead atoms. The molecule has 0 aliphatic carbocycles. The largest absolute Gasteiger partial charge is 0.342 e. The molecule has 0 spiro atoms. The van der Waals surface area contributed by atoms with Crippen molar-refractivity contribution < 1.29 is 4.79 Å². The first-order valence-electron chi connectivity index (χ1n) is 10.4. The van der Waals surface area contributed by atoms with Crippen molar-refractivity contribution in [2.24, 2.45) is 5.92 Å². The van der Waals surface area contributed by atoms with E-state index in [1.807, 2.05) is 0 Å². The first-order valence-corrected chi connectivity index (χ1v) is 11.2. The Hall–Kier alpha value is -0.980. The van der Waals surface area contributed by atoms with Crippen LogP contribution in [0.1, 0.15) is 49.2 Å². The van der Waals surface area contributed by atoms with E-state index in [2.05, 4.69) is 32.0 Å². The SMILES string of the molecule is Cc1csc(CN2CCC(N3CCC[C@H](C(=O)N4CCCC4)C3)CC2)n1. The Morgan fingerprint density at radius 2 is 1.88 bits per heavy atom. The molecule has 1 aromatic heterocycles. The van der Waals surface area contributed by atoms with Gasteiger partial charge in [0.25, 0.3) is 0 Å². The van der Waals surface area contributed by atoms with Crippen LogP contribution in [0, 0.1) is 12.8 Å². The van der Waals surface area contributed by atoms with Crippen LogP contribution in [0.4, 0.5) is 0 Å². The fourth-order valence-corrected chi connectivity index (χ4v) is 5.66. The maximum atomic E-state index is 12.8. The molecule has 3 aliphatic heterocycles. The third kappa shape index (κ3) is 4.29.